The molecule has 0 aliphatic carbocycles. The summed E-state index contributed by atoms with van der Waals surface area (Å²) in [5.74, 6) is 0.781. The third-order valence-corrected chi connectivity index (χ3v) is 4.21. The second-order valence-electron chi connectivity index (χ2n) is 5.54. The number of piperidine rings is 2. The highest BCUT2D eigenvalue weighted by atomic mass is 16.2. The molecule has 2 aliphatic rings. The minimum absolute atomic E-state index is 0.240. The van der Waals surface area contributed by atoms with Gasteiger partial charge in [0.25, 0.3) is 0 Å². The van der Waals surface area contributed by atoms with E-state index in [1.165, 1.54) is 0 Å². The molecule has 2 aliphatic heterocycles. The van der Waals surface area contributed by atoms with Gasteiger partial charge >= 0.3 is 6.03 Å². The van der Waals surface area contributed by atoms with Gasteiger partial charge in [-0.05, 0) is 44.7 Å². The molecule has 0 saturated carbocycles. The monoisotopic (exact) mass is 239 g/mol. The fraction of sp³-hybridized carbons (Fsp3) is 0.923. The first-order chi connectivity index (χ1) is 8.18. The zero-order valence-electron chi connectivity index (χ0n) is 11.1. The first kappa shape index (κ1) is 12.7. The number of likely N-dealkylation sites (tertiary alicyclic amines) is 1. The third-order valence-electron chi connectivity index (χ3n) is 4.21. The molecule has 17 heavy (non-hydrogen) atoms. The molecule has 0 radical (unpaired) electrons. The molecule has 0 atom stereocenters. The smallest absolute Gasteiger partial charge is 0.319 e. The van der Waals surface area contributed by atoms with Crippen molar-refractivity contribution in [3.8, 4) is 0 Å². The molecule has 0 spiro atoms. The lowest BCUT2D eigenvalue weighted by Gasteiger charge is -2.38. The lowest BCUT2D eigenvalue weighted by atomic mass is 9.99. The zero-order valence-corrected chi connectivity index (χ0v) is 11.1. The number of amides is 2. The molecule has 0 aromatic heterocycles. The molecular weight excluding hydrogens is 214 g/mol. The van der Waals surface area contributed by atoms with Crippen molar-refractivity contribution in [2.75, 3.05) is 33.2 Å². The number of nitrogens with one attached hydrogen (secondary N) is 1. The number of carbonyl (C=O) groups is 1. The van der Waals surface area contributed by atoms with Gasteiger partial charge in [-0.25, -0.2) is 4.79 Å². The van der Waals surface area contributed by atoms with E-state index in [9.17, 15) is 4.79 Å². The van der Waals surface area contributed by atoms with Crippen molar-refractivity contribution >= 4 is 6.03 Å². The SMILES string of the molecule is CC1CCN(C(=O)N(C)C2CCNCC2)CC1. The van der Waals surface area contributed by atoms with Crippen LogP contribution in [0.1, 0.15) is 32.6 Å². The molecular formula is C13H25N3O. The first-order valence-electron chi connectivity index (χ1n) is 6.91. The van der Waals surface area contributed by atoms with Crippen molar-refractivity contribution in [2.45, 2.75) is 38.6 Å². The Bertz CT molecular complexity index is 255. The van der Waals surface area contributed by atoms with Gasteiger partial charge in [0.2, 0.25) is 0 Å². The van der Waals surface area contributed by atoms with Gasteiger partial charge in [0, 0.05) is 26.2 Å². The highest BCUT2D eigenvalue weighted by Gasteiger charge is 2.27. The number of hydrogen-bond donors (Lipinski definition) is 1. The van der Waals surface area contributed by atoms with Crippen LogP contribution in [-0.4, -0.2) is 55.1 Å². The van der Waals surface area contributed by atoms with E-state index in [0.717, 1.165) is 57.8 Å². The third kappa shape index (κ3) is 3.12. The Morgan fingerprint density at radius 2 is 1.76 bits per heavy atom. The number of nitrogens with zero attached hydrogens (tertiary/aromatic N) is 2. The van der Waals surface area contributed by atoms with Crippen LogP contribution in [0.15, 0.2) is 0 Å². The van der Waals surface area contributed by atoms with Crippen molar-refractivity contribution in [2.24, 2.45) is 5.92 Å². The molecule has 1 N–H and O–H groups in total. The molecule has 4 nitrogen and oxygen atoms in total. The van der Waals surface area contributed by atoms with Crippen molar-refractivity contribution < 1.29 is 4.79 Å². The van der Waals surface area contributed by atoms with E-state index in [4.69, 9.17) is 0 Å². The van der Waals surface area contributed by atoms with Crippen LogP contribution in [0.3, 0.4) is 0 Å². The van der Waals surface area contributed by atoms with E-state index in [0.29, 0.717) is 6.04 Å². The van der Waals surface area contributed by atoms with Gasteiger partial charge in [-0.3, -0.25) is 0 Å². The highest BCUT2D eigenvalue weighted by Crippen LogP contribution is 2.19. The van der Waals surface area contributed by atoms with Gasteiger partial charge in [0.1, 0.15) is 0 Å². The van der Waals surface area contributed by atoms with Crippen LogP contribution in [0.4, 0.5) is 4.79 Å². The fourth-order valence-electron chi connectivity index (χ4n) is 2.77. The topological polar surface area (TPSA) is 35.6 Å². The van der Waals surface area contributed by atoms with Crippen LogP contribution < -0.4 is 5.32 Å². The molecule has 0 aromatic carbocycles. The second kappa shape index (κ2) is 5.71. The van der Waals surface area contributed by atoms with Gasteiger partial charge in [-0.1, -0.05) is 6.92 Å². The number of hydrogen-bond acceptors (Lipinski definition) is 2. The van der Waals surface area contributed by atoms with Crippen LogP contribution in [-0.2, 0) is 0 Å². The summed E-state index contributed by atoms with van der Waals surface area (Å²) >= 11 is 0. The van der Waals surface area contributed by atoms with Crippen LogP contribution >= 0.6 is 0 Å². The van der Waals surface area contributed by atoms with Crippen molar-refractivity contribution in [3.05, 3.63) is 0 Å². The Morgan fingerprint density at radius 3 is 2.35 bits per heavy atom. The summed E-state index contributed by atoms with van der Waals surface area (Å²) in [7, 11) is 1.97. The number of urea groups is 1. The summed E-state index contributed by atoms with van der Waals surface area (Å²) in [4.78, 5) is 16.3. The van der Waals surface area contributed by atoms with Crippen molar-refractivity contribution in [1.82, 2.24) is 15.1 Å². The molecule has 4 heteroatoms. The summed E-state index contributed by atoms with van der Waals surface area (Å²) in [5, 5.41) is 3.34. The quantitative estimate of drug-likeness (QED) is 0.753. The van der Waals surface area contributed by atoms with Crippen LogP contribution in [0.2, 0.25) is 0 Å². The van der Waals surface area contributed by atoms with E-state index in [1.807, 2.05) is 16.8 Å². The Balaban J connectivity index is 1.85. The molecule has 2 heterocycles. The molecule has 2 amide bonds. The predicted molar refractivity (Wildman–Crippen MR) is 69.0 cm³/mol. The van der Waals surface area contributed by atoms with E-state index in [1.54, 1.807) is 0 Å². The van der Waals surface area contributed by atoms with E-state index in [2.05, 4.69) is 12.2 Å². The maximum absolute atomic E-state index is 12.3. The van der Waals surface area contributed by atoms with Crippen LogP contribution in [0.25, 0.3) is 0 Å². The first-order valence-corrected chi connectivity index (χ1v) is 6.91. The lowest BCUT2D eigenvalue weighted by molar-refractivity contribution is 0.121. The average Bonchev–Trinajstić information content (AvgIpc) is 2.39. The summed E-state index contributed by atoms with van der Waals surface area (Å²) < 4.78 is 0. The largest absolute Gasteiger partial charge is 0.325 e. The van der Waals surface area contributed by atoms with Crippen molar-refractivity contribution in [1.29, 1.82) is 0 Å². The standard InChI is InChI=1S/C13H25N3O/c1-11-5-9-16(10-6-11)13(17)15(2)12-3-7-14-8-4-12/h11-12,14H,3-10H2,1-2H3. The van der Waals surface area contributed by atoms with Crippen LogP contribution in [0.5, 0.6) is 0 Å². The zero-order chi connectivity index (χ0) is 12.3. The number of rotatable bonds is 1. The molecule has 98 valence electrons. The second-order valence-corrected chi connectivity index (χ2v) is 5.54. The molecule has 0 aromatic rings. The van der Waals surface area contributed by atoms with Gasteiger partial charge in [0.15, 0.2) is 0 Å². The Kier molecular flexibility index (Phi) is 4.26. The minimum Gasteiger partial charge on any atom is -0.325 e. The van der Waals surface area contributed by atoms with Gasteiger partial charge in [-0.15, -0.1) is 0 Å². The van der Waals surface area contributed by atoms with Gasteiger partial charge < -0.3 is 15.1 Å². The highest BCUT2D eigenvalue weighted by molar-refractivity contribution is 5.74. The summed E-state index contributed by atoms with van der Waals surface area (Å²) in [5.41, 5.74) is 0. The summed E-state index contributed by atoms with van der Waals surface area (Å²) in [6, 6.07) is 0.673. The van der Waals surface area contributed by atoms with Crippen molar-refractivity contribution in [3.63, 3.8) is 0 Å². The Labute approximate surface area is 104 Å². The van der Waals surface area contributed by atoms with E-state index >= 15 is 0 Å². The molecule has 2 fully saturated rings. The van der Waals surface area contributed by atoms with Gasteiger partial charge in [-0.2, -0.15) is 0 Å². The summed E-state index contributed by atoms with van der Waals surface area (Å²) in [6.45, 7) is 6.24. The molecule has 0 bridgehead atoms. The van der Waals surface area contributed by atoms with E-state index in [-0.39, 0.29) is 6.03 Å². The average molecular weight is 239 g/mol. The summed E-state index contributed by atoms with van der Waals surface area (Å²) in [6.07, 6.45) is 4.50. The molecule has 2 rings (SSSR count). The predicted octanol–water partition coefficient (Wildman–Crippen LogP) is 1.52. The van der Waals surface area contributed by atoms with Crippen LogP contribution in [0, 0.1) is 5.92 Å². The normalized spacial score (nSPS) is 23.8. The number of carbonyl (C=O) groups excluding carboxylic acids is 1. The Morgan fingerprint density at radius 1 is 1.18 bits per heavy atom. The Hall–Kier alpha value is -0.770. The van der Waals surface area contributed by atoms with E-state index < -0.39 is 0 Å². The fourth-order valence-corrected chi connectivity index (χ4v) is 2.77. The minimum atomic E-state index is 0.240. The molecule has 2 saturated heterocycles. The maximum Gasteiger partial charge on any atom is 0.319 e. The lowest BCUT2D eigenvalue weighted by Crippen LogP contribution is -2.51. The molecule has 0 unspecified atom stereocenters. The van der Waals surface area contributed by atoms with Gasteiger partial charge in [0.05, 0.1) is 0 Å². The maximum atomic E-state index is 12.3.